The number of amides is 2. The van der Waals surface area contributed by atoms with Crippen LogP contribution in [0.25, 0.3) is 0 Å². The van der Waals surface area contributed by atoms with Crippen molar-refractivity contribution in [3.05, 3.63) is 54.1 Å². The van der Waals surface area contributed by atoms with Crippen LogP contribution in [-0.4, -0.2) is 43.5 Å². The number of nitrogens with zero attached hydrogens (tertiary/aromatic N) is 2. The Balaban J connectivity index is 1.47. The number of para-hydroxylation sites is 1. The number of ether oxygens (including phenoxy) is 1. The van der Waals surface area contributed by atoms with Gasteiger partial charge in [0, 0.05) is 44.0 Å². The van der Waals surface area contributed by atoms with Crippen LogP contribution in [-0.2, 0) is 16.1 Å². The number of methoxy groups -OCH3 is 1. The quantitative estimate of drug-likeness (QED) is 0.908. The average molecular weight is 365 g/mol. The third kappa shape index (κ3) is 3.47. The zero-order valence-electron chi connectivity index (χ0n) is 15.4. The van der Waals surface area contributed by atoms with E-state index in [1.165, 1.54) is 0 Å². The van der Waals surface area contributed by atoms with Crippen LogP contribution in [0.4, 0.5) is 11.4 Å². The largest absolute Gasteiger partial charge is 0.497 e. The van der Waals surface area contributed by atoms with Gasteiger partial charge in [-0.15, -0.1) is 0 Å². The first-order chi connectivity index (χ1) is 13.2. The van der Waals surface area contributed by atoms with Crippen molar-refractivity contribution in [2.75, 3.05) is 37.0 Å². The summed E-state index contributed by atoms with van der Waals surface area (Å²) < 4.78 is 5.17. The molecule has 2 aliphatic rings. The fraction of sp³-hybridized carbons (Fsp3) is 0.333. The minimum absolute atomic E-state index is 0.00753. The van der Waals surface area contributed by atoms with Crippen LogP contribution in [0.3, 0.4) is 0 Å². The Hall–Kier alpha value is -3.02. The highest BCUT2D eigenvalue weighted by Gasteiger charge is 2.37. The molecule has 27 heavy (non-hydrogen) atoms. The zero-order chi connectivity index (χ0) is 18.8. The smallest absolute Gasteiger partial charge is 0.228 e. The normalized spacial score (nSPS) is 19.3. The first kappa shape index (κ1) is 17.4. The lowest BCUT2D eigenvalue weighted by atomic mass is 10.1. The second kappa shape index (κ2) is 7.31. The molecule has 1 saturated heterocycles. The van der Waals surface area contributed by atoms with E-state index in [2.05, 4.69) is 5.32 Å². The molecule has 0 unspecified atom stereocenters. The molecule has 6 heteroatoms. The highest BCUT2D eigenvalue weighted by atomic mass is 16.5. The Morgan fingerprint density at radius 1 is 1.15 bits per heavy atom. The number of carbonyl (C=O) groups excluding carboxylic acids is 2. The van der Waals surface area contributed by atoms with Crippen molar-refractivity contribution in [2.24, 2.45) is 5.92 Å². The molecule has 2 aromatic carbocycles. The van der Waals surface area contributed by atoms with E-state index in [1.54, 1.807) is 12.0 Å². The van der Waals surface area contributed by atoms with Crippen LogP contribution in [0.1, 0.15) is 12.0 Å². The van der Waals surface area contributed by atoms with E-state index in [0.717, 1.165) is 22.7 Å². The molecule has 0 saturated carbocycles. The summed E-state index contributed by atoms with van der Waals surface area (Å²) >= 11 is 0. The van der Waals surface area contributed by atoms with Crippen LogP contribution >= 0.6 is 0 Å². The van der Waals surface area contributed by atoms with Gasteiger partial charge in [-0.25, -0.2) is 0 Å². The molecule has 0 aliphatic carbocycles. The van der Waals surface area contributed by atoms with Crippen LogP contribution in [0.5, 0.6) is 5.75 Å². The highest BCUT2D eigenvalue weighted by molar-refractivity contribution is 6.00. The van der Waals surface area contributed by atoms with Gasteiger partial charge in [0.25, 0.3) is 0 Å². The van der Waals surface area contributed by atoms with Crippen molar-refractivity contribution in [1.29, 1.82) is 0 Å². The lowest BCUT2D eigenvalue weighted by Crippen LogP contribution is -2.38. The Morgan fingerprint density at radius 2 is 1.93 bits per heavy atom. The van der Waals surface area contributed by atoms with Crippen molar-refractivity contribution in [3.8, 4) is 5.75 Å². The van der Waals surface area contributed by atoms with Crippen LogP contribution in [0.2, 0.25) is 0 Å². The molecule has 0 radical (unpaired) electrons. The number of rotatable bonds is 3. The first-order valence-corrected chi connectivity index (χ1v) is 9.20. The lowest BCUT2D eigenvalue weighted by molar-refractivity contribution is -0.136. The summed E-state index contributed by atoms with van der Waals surface area (Å²) in [5.41, 5.74) is 2.99. The fourth-order valence-electron chi connectivity index (χ4n) is 3.77. The van der Waals surface area contributed by atoms with Gasteiger partial charge in [-0.2, -0.15) is 0 Å². The van der Waals surface area contributed by atoms with Crippen LogP contribution < -0.4 is 15.0 Å². The molecule has 1 N–H and O–H groups in total. The van der Waals surface area contributed by atoms with Gasteiger partial charge < -0.3 is 19.9 Å². The van der Waals surface area contributed by atoms with Crippen molar-refractivity contribution < 1.29 is 14.3 Å². The number of benzene rings is 2. The van der Waals surface area contributed by atoms with Gasteiger partial charge in [-0.05, 0) is 35.9 Å². The van der Waals surface area contributed by atoms with Crippen molar-refractivity contribution in [2.45, 2.75) is 13.0 Å². The van der Waals surface area contributed by atoms with Gasteiger partial charge in [0.1, 0.15) is 5.75 Å². The van der Waals surface area contributed by atoms with Gasteiger partial charge in [0.2, 0.25) is 11.8 Å². The van der Waals surface area contributed by atoms with Gasteiger partial charge in [-0.3, -0.25) is 9.59 Å². The van der Waals surface area contributed by atoms with E-state index in [-0.39, 0.29) is 24.2 Å². The summed E-state index contributed by atoms with van der Waals surface area (Å²) in [6.45, 7) is 2.36. The summed E-state index contributed by atoms with van der Waals surface area (Å²) in [6, 6.07) is 15.4. The molecule has 6 nitrogen and oxygen atoms in total. The molecular weight excluding hydrogens is 342 g/mol. The van der Waals surface area contributed by atoms with Gasteiger partial charge in [-0.1, -0.05) is 18.2 Å². The van der Waals surface area contributed by atoms with Gasteiger partial charge in [0.15, 0.2) is 0 Å². The van der Waals surface area contributed by atoms with E-state index in [1.807, 2.05) is 53.4 Å². The summed E-state index contributed by atoms with van der Waals surface area (Å²) in [6.07, 6.45) is 0.260. The first-order valence-electron chi connectivity index (χ1n) is 9.20. The number of carbonyl (C=O) groups is 2. The average Bonchev–Trinajstić information content (AvgIpc) is 2.96. The lowest BCUT2D eigenvalue weighted by Gasteiger charge is -2.24. The molecule has 1 atom stereocenters. The molecule has 0 spiro atoms. The van der Waals surface area contributed by atoms with Crippen molar-refractivity contribution >= 4 is 23.2 Å². The topological polar surface area (TPSA) is 61.9 Å². The Bertz CT molecular complexity index is 850. The van der Waals surface area contributed by atoms with E-state index >= 15 is 0 Å². The summed E-state index contributed by atoms with van der Waals surface area (Å²) in [4.78, 5) is 29.2. The van der Waals surface area contributed by atoms with Crippen LogP contribution in [0, 0.1) is 5.92 Å². The van der Waals surface area contributed by atoms with Gasteiger partial charge >= 0.3 is 0 Å². The Labute approximate surface area is 158 Å². The van der Waals surface area contributed by atoms with Gasteiger partial charge in [0.05, 0.1) is 13.0 Å². The third-order valence-electron chi connectivity index (χ3n) is 5.25. The molecule has 0 bridgehead atoms. The van der Waals surface area contributed by atoms with E-state index in [9.17, 15) is 9.59 Å². The standard InChI is InChI=1S/C21H23N3O3/c1-27-18-8-6-17(7-9-18)24-14-16(12-20(24)25)21(26)23-11-10-22-19-5-3-2-4-15(19)13-23/h2-9,16,22H,10-14H2,1H3/t16-/m0/s1. The molecule has 140 valence electrons. The molecule has 2 amide bonds. The molecule has 0 aromatic heterocycles. The summed E-state index contributed by atoms with van der Waals surface area (Å²) in [7, 11) is 1.61. The molecular formula is C21H23N3O3. The molecule has 1 fully saturated rings. The van der Waals surface area contributed by atoms with E-state index in [4.69, 9.17) is 4.74 Å². The third-order valence-corrected chi connectivity index (χ3v) is 5.25. The Kier molecular flexibility index (Phi) is 4.71. The van der Waals surface area contributed by atoms with Crippen molar-refractivity contribution in [3.63, 3.8) is 0 Å². The number of fused-ring (bicyclic) bond motifs is 1. The monoisotopic (exact) mass is 365 g/mol. The number of nitrogens with one attached hydrogen (secondary N) is 1. The maximum atomic E-state index is 13.1. The second-order valence-electron chi connectivity index (χ2n) is 6.95. The number of hydrogen-bond acceptors (Lipinski definition) is 4. The van der Waals surface area contributed by atoms with E-state index in [0.29, 0.717) is 26.2 Å². The maximum absolute atomic E-state index is 13.1. The van der Waals surface area contributed by atoms with E-state index < -0.39 is 0 Å². The minimum Gasteiger partial charge on any atom is -0.497 e. The molecule has 2 aliphatic heterocycles. The summed E-state index contributed by atoms with van der Waals surface area (Å²) in [5.74, 6) is 0.489. The predicted molar refractivity (Wildman–Crippen MR) is 104 cm³/mol. The zero-order valence-corrected chi connectivity index (χ0v) is 15.4. The Morgan fingerprint density at radius 3 is 2.70 bits per heavy atom. The van der Waals surface area contributed by atoms with Crippen LogP contribution in [0.15, 0.2) is 48.5 Å². The minimum atomic E-state index is -0.301. The highest BCUT2D eigenvalue weighted by Crippen LogP contribution is 2.29. The molecule has 2 aromatic rings. The SMILES string of the molecule is COc1ccc(N2C[C@@H](C(=O)N3CCNc4ccccc4C3)CC2=O)cc1. The fourth-order valence-corrected chi connectivity index (χ4v) is 3.77. The molecule has 2 heterocycles. The number of anilines is 2. The second-order valence-corrected chi connectivity index (χ2v) is 6.95. The summed E-state index contributed by atoms with van der Waals surface area (Å²) in [5, 5.41) is 3.37. The molecule has 4 rings (SSSR count). The predicted octanol–water partition coefficient (Wildman–Crippen LogP) is 2.50. The maximum Gasteiger partial charge on any atom is 0.228 e. The van der Waals surface area contributed by atoms with Crippen molar-refractivity contribution in [1.82, 2.24) is 4.90 Å². The number of hydrogen-bond donors (Lipinski definition) is 1.